The molecule has 0 spiro atoms. The number of carboxylic acids is 1. The van der Waals surface area contributed by atoms with Crippen LogP contribution in [0.25, 0.3) is 0 Å². The highest BCUT2D eigenvalue weighted by molar-refractivity contribution is 6.02. The minimum Gasteiger partial charge on any atom is -0.481 e. The van der Waals surface area contributed by atoms with E-state index in [1.165, 1.54) is 0 Å². The molecule has 1 saturated carbocycles. The van der Waals surface area contributed by atoms with Crippen molar-refractivity contribution in [3.8, 4) is 0 Å². The molecule has 1 unspecified atom stereocenters. The number of nitrogens with one attached hydrogen (secondary N) is 1. The number of carbonyl (C=O) groups is 3. The minimum atomic E-state index is -1.41. The van der Waals surface area contributed by atoms with Gasteiger partial charge in [0.15, 0.2) is 6.04 Å². The Morgan fingerprint density at radius 3 is 2.42 bits per heavy atom. The van der Waals surface area contributed by atoms with Gasteiger partial charge in [0.25, 0.3) is 0 Å². The molecule has 1 amide bonds. The monoisotopic (exact) mass is 272 g/mol. The normalized spacial score (nSPS) is 18.6. The van der Waals surface area contributed by atoms with Crippen molar-refractivity contribution in [1.82, 2.24) is 5.32 Å². The Balaban J connectivity index is 2.66. The predicted octanol–water partition coefficient (Wildman–Crippen LogP) is -0.219. The van der Waals surface area contributed by atoms with Crippen molar-refractivity contribution >= 4 is 17.8 Å². The second-order valence-electron chi connectivity index (χ2n) is 4.78. The highest BCUT2D eigenvalue weighted by Gasteiger charge is 2.39. The average Bonchev–Trinajstić information content (AvgIpc) is 2.75. The van der Waals surface area contributed by atoms with Crippen LogP contribution in [0.4, 0.5) is 0 Å². The van der Waals surface area contributed by atoms with Gasteiger partial charge in [-0.25, -0.2) is 4.79 Å². The Morgan fingerprint density at radius 2 is 1.95 bits per heavy atom. The molecule has 1 aliphatic rings. The quantitative estimate of drug-likeness (QED) is 0.454. The fourth-order valence-corrected chi connectivity index (χ4v) is 2.37. The number of amides is 1. The van der Waals surface area contributed by atoms with Crippen molar-refractivity contribution in [3.63, 3.8) is 0 Å². The third kappa shape index (κ3) is 4.20. The van der Waals surface area contributed by atoms with Crippen LogP contribution in [0.5, 0.6) is 0 Å². The highest BCUT2D eigenvalue weighted by Crippen LogP contribution is 2.32. The zero-order valence-corrected chi connectivity index (χ0v) is 11.0. The van der Waals surface area contributed by atoms with E-state index in [2.05, 4.69) is 10.1 Å². The number of carbonyl (C=O) groups excluding carboxylic acids is 2. The molecular weight excluding hydrogens is 252 g/mol. The van der Waals surface area contributed by atoms with Gasteiger partial charge in [-0.05, 0) is 19.8 Å². The summed E-state index contributed by atoms with van der Waals surface area (Å²) in [6, 6.07) is -1.41. The maximum Gasteiger partial charge on any atom is 0.332 e. The molecule has 0 aliphatic heterocycles. The van der Waals surface area contributed by atoms with E-state index in [9.17, 15) is 14.4 Å². The van der Waals surface area contributed by atoms with Gasteiger partial charge >= 0.3 is 11.9 Å². The fourth-order valence-electron chi connectivity index (χ4n) is 2.37. The van der Waals surface area contributed by atoms with Crippen LogP contribution in [0.15, 0.2) is 0 Å². The van der Waals surface area contributed by atoms with E-state index in [0.717, 1.165) is 12.8 Å². The molecule has 1 rings (SSSR count). The smallest absolute Gasteiger partial charge is 0.332 e. The molecule has 0 heterocycles. The van der Waals surface area contributed by atoms with Crippen LogP contribution < -0.4 is 11.1 Å². The topological polar surface area (TPSA) is 119 Å². The molecule has 7 heteroatoms. The van der Waals surface area contributed by atoms with Crippen molar-refractivity contribution < 1.29 is 24.2 Å². The van der Waals surface area contributed by atoms with E-state index in [1.807, 2.05) is 0 Å². The van der Waals surface area contributed by atoms with Crippen molar-refractivity contribution in [2.24, 2.45) is 5.73 Å². The summed E-state index contributed by atoms with van der Waals surface area (Å²) in [7, 11) is 0. The standard InChI is InChI=1S/C12H20N2O5/c1-2-19-11(18)9(13)10(17)14-12(7-8(15)16)5-3-4-6-12/h9H,2-7,13H2,1H3,(H,14,17)(H,15,16). The summed E-state index contributed by atoms with van der Waals surface area (Å²) in [5.74, 6) is -2.46. The van der Waals surface area contributed by atoms with Gasteiger partial charge in [0.05, 0.1) is 18.6 Å². The van der Waals surface area contributed by atoms with E-state index in [-0.39, 0.29) is 13.0 Å². The summed E-state index contributed by atoms with van der Waals surface area (Å²) in [4.78, 5) is 34.1. The first-order chi connectivity index (χ1) is 8.90. The summed E-state index contributed by atoms with van der Waals surface area (Å²) in [5, 5.41) is 11.5. The summed E-state index contributed by atoms with van der Waals surface area (Å²) in [6.45, 7) is 1.76. The van der Waals surface area contributed by atoms with Gasteiger partial charge in [0.2, 0.25) is 5.91 Å². The van der Waals surface area contributed by atoms with Gasteiger partial charge in [0, 0.05) is 0 Å². The van der Waals surface area contributed by atoms with E-state index < -0.39 is 29.4 Å². The predicted molar refractivity (Wildman–Crippen MR) is 66.2 cm³/mol. The molecule has 1 atom stereocenters. The van der Waals surface area contributed by atoms with Gasteiger partial charge in [0.1, 0.15) is 0 Å². The Kier molecular flexibility index (Phi) is 5.29. The Labute approximate surface area is 111 Å². The molecule has 1 fully saturated rings. The molecule has 0 radical (unpaired) electrons. The molecule has 108 valence electrons. The summed E-state index contributed by atoms with van der Waals surface area (Å²) in [5.41, 5.74) is 4.70. The average molecular weight is 272 g/mol. The fraction of sp³-hybridized carbons (Fsp3) is 0.750. The molecule has 0 bridgehead atoms. The molecule has 0 aromatic carbocycles. The van der Waals surface area contributed by atoms with E-state index >= 15 is 0 Å². The van der Waals surface area contributed by atoms with Gasteiger partial charge in [-0.1, -0.05) is 12.8 Å². The number of nitrogens with two attached hydrogens (primary N) is 1. The number of carboxylic acid groups (broad SMARTS) is 1. The lowest BCUT2D eigenvalue weighted by Gasteiger charge is -2.29. The zero-order chi connectivity index (χ0) is 14.5. The molecule has 1 aliphatic carbocycles. The summed E-state index contributed by atoms with van der Waals surface area (Å²) < 4.78 is 4.66. The largest absolute Gasteiger partial charge is 0.481 e. The van der Waals surface area contributed by atoms with Gasteiger partial charge < -0.3 is 20.9 Å². The summed E-state index contributed by atoms with van der Waals surface area (Å²) >= 11 is 0. The molecule has 0 aromatic rings. The number of hydrogen-bond donors (Lipinski definition) is 3. The van der Waals surface area contributed by atoms with Crippen LogP contribution in [0, 0.1) is 0 Å². The highest BCUT2D eigenvalue weighted by atomic mass is 16.5. The van der Waals surface area contributed by atoms with Crippen LogP contribution in [-0.2, 0) is 19.1 Å². The Bertz CT molecular complexity index is 363. The zero-order valence-electron chi connectivity index (χ0n) is 11.0. The number of rotatable bonds is 6. The first-order valence-corrected chi connectivity index (χ1v) is 6.36. The maximum atomic E-state index is 11.9. The number of hydrogen-bond acceptors (Lipinski definition) is 5. The van der Waals surface area contributed by atoms with Crippen molar-refractivity contribution in [1.29, 1.82) is 0 Å². The van der Waals surface area contributed by atoms with Crippen molar-refractivity contribution in [2.45, 2.75) is 50.6 Å². The Hall–Kier alpha value is -1.63. The van der Waals surface area contributed by atoms with Crippen LogP contribution in [-0.4, -0.2) is 41.1 Å². The van der Waals surface area contributed by atoms with Gasteiger partial charge in [-0.3, -0.25) is 9.59 Å². The maximum absolute atomic E-state index is 11.9. The number of ether oxygens (including phenoxy) is 1. The van der Waals surface area contributed by atoms with Crippen LogP contribution in [0.2, 0.25) is 0 Å². The molecular formula is C12H20N2O5. The van der Waals surface area contributed by atoms with Crippen molar-refractivity contribution in [2.75, 3.05) is 6.61 Å². The first-order valence-electron chi connectivity index (χ1n) is 6.36. The molecule has 0 aromatic heterocycles. The molecule has 0 saturated heterocycles. The van der Waals surface area contributed by atoms with Gasteiger partial charge in [-0.15, -0.1) is 0 Å². The molecule has 4 N–H and O–H groups in total. The van der Waals surface area contributed by atoms with Gasteiger partial charge in [-0.2, -0.15) is 0 Å². The van der Waals surface area contributed by atoms with E-state index in [4.69, 9.17) is 10.8 Å². The van der Waals surface area contributed by atoms with Crippen LogP contribution >= 0.6 is 0 Å². The molecule has 7 nitrogen and oxygen atoms in total. The van der Waals surface area contributed by atoms with Crippen LogP contribution in [0.1, 0.15) is 39.0 Å². The first kappa shape index (κ1) is 15.4. The lowest BCUT2D eigenvalue weighted by Crippen LogP contribution is -2.55. The second kappa shape index (κ2) is 6.51. The van der Waals surface area contributed by atoms with Crippen LogP contribution in [0.3, 0.4) is 0 Å². The third-order valence-corrected chi connectivity index (χ3v) is 3.26. The van der Waals surface area contributed by atoms with Crippen molar-refractivity contribution in [3.05, 3.63) is 0 Å². The SMILES string of the molecule is CCOC(=O)C(N)C(=O)NC1(CC(=O)O)CCCC1. The second-order valence-corrected chi connectivity index (χ2v) is 4.78. The minimum absolute atomic E-state index is 0.139. The number of esters is 1. The summed E-state index contributed by atoms with van der Waals surface area (Å²) in [6.07, 6.45) is 2.71. The third-order valence-electron chi connectivity index (χ3n) is 3.26. The number of aliphatic carboxylic acids is 1. The Morgan fingerprint density at radius 1 is 1.37 bits per heavy atom. The lowest BCUT2D eigenvalue weighted by atomic mass is 9.92. The lowest BCUT2D eigenvalue weighted by molar-refractivity contribution is -0.148. The van der Waals surface area contributed by atoms with E-state index in [0.29, 0.717) is 12.8 Å². The molecule has 19 heavy (non-hydrogen) atoms. The van der Waals surface area contributed by atoms with E-state index in [1.54, 1.807) is 6.92 Å².